The van der Waals surface area contributed by atoms with Crippen molar-refractivity contribution < 1.29 is 41.5 Å². The number of alkyl halides is 2. The van der Waals surface area contributed by atoms with Crippen molar-refractivity contribution in [3.8, 4) is 11.3 Å². The van der Waals surface area contributed by atoms with Crippen LogP contribution in [-0.4, -0.2) is 125 Å². The highest BCUT2D eigenvalue weighted by Crippen LogP contribution is 2.51. The third-order valence-corrected chi connectivity index (χ3v) is 14.4. The molecule has 3 saturated heterocycles. The molecule has 0 radical (unpaired) electrons. The lowest BCUT2D eigenvalue weighted by molar-refractivity contribution is -0.220. The Morgan fingerprint density at radius 1 is 0.955 bits per heavy atom. The standard InChI is InChI=1S/C46H46ClF4N11O5/c1-24-12-26(14-34(39(24)47)61-10-7-38(63)56-44(61)66)43(65)59-11-8-45(46(50,51)23-59)21-58(22-45)20-25-13-30(49)40(53-18-25)29-15-27(48)16-33-28(29)6-9-60(33)37-17-32(52-2)41-54-19-35(62(41)57-37)42(64)55-31-4-5-36(31)67-3/h12-19,31,36,52H,4-11,20-23H2,1-3H3,(H,55,64)(H,56,63,66)/t31?,36-/m1/s1. The summed E-state index contributed by atoms with van der Waals surface area (Å²) in [6.45, 7) is 1.50. The monoisotopic (exact) mass is 943 g/mol. The molecule has 5 aromatic rings. The van der Waals surface area contributed by atoms with E-state index in [9.17, 15) is 19.2 Å². The van der Waals surface area contributed by atoms with E-state index in [1.807, 2.05) is 0 Å². The lowest BCUT2D eigenvalue weighted by atomic mass is 9.69. The quantitative estimate of drug-likeness (QED) is 0.138. The summed E-state index contributed by atoms with van der Waals surface area (Å²) >= 11 is 6.50. The number of carbonyl (C=O) groups excluding carboxylic acids is 4. The Kier molecular flexibility index (Phi) is 11.1. The molecule has 7 heterocycles. The maximum absolute atomic E-state index is 16.1. The van der Waals surface area contributed by atoms with Crippen molar-refractivity contribution in [3.05, 3.63) is 93.4 Å². The van der Waals surface area contributed by atoms with Gasteiger partial charge < -0.3 is 25.2 Å². The summed E-state index contributed by atoms with van der Waals surface area (Å²) in [6, 6.07) is 7.73. The predicted molar refractivity (Wildman–Crippen MR) is 239 cm³/mol. The molecule has 5 amide bonds. The Bertz CT molecular complexity index is 2890. The van der Waals surface area contributed by atoms with Gasteiger partial charge >= 0.3 is 6.03 Å². The van der Waals surface area contributed by atoms with Gasteiger partial charge in [0.1, 0.15) is 17.3 Å². The molecule has 1 saturated carbocycles. The highest BCUT2D eigenvalue weighted by molar-refractivity contribution is 6.35. The molecule has 10 rings (SSSR count). The van der Waals surface area contributed by atoms with Gasteiger partial charge in [0, 0.05) is 88.9 Å². The number of halogens is 5. The molecule has 1 spiro atoms. The van der Waals surface area contributed by atoms with Crippen LogP contribution in [0.1, 0.15) is 63.2 Å². The number of rotatable bonds is 10. The van der Waals surface area contributed by atoms with Crippen LogP contribution in [0.2, 0.25) is 5.02 Å². The summed E-state index contributed by atoms with van der Waals surface area (Å²) in [5, 5.41) is 13.3. The number of hydrogen-bond acceptors (Lipinski definition) is 11. The van der Waals surface area contributed by atoms with Crippen LogP contribution >= 0.6 is 11.6 Å². The number of anilines is 4. The number of aromatic nitrogens is 4. The normalized spacial score (nSPS) is 21.0. The molecule has 350 valence electrons. The van der Waals surface area contributed by atoms with Crippen LogP contribution < -0.4 is 25.8 Å². The van der Waals surface area contributed by atoms with E-state index in [-0.39, 0.29) is 96.8 Å². The first-order valence-electron chi connectivity index (χ1n) is 22.0. The van der Waals surface area contributed by atoms with Crippen molar-refractivity contribution >= 4 is 63.9 Å². The van der Waals surface area contributed by atoms with E-state index < -0.39 is 47.4 Å². The topological polar surface area (TPSA) is 170 Å². The van der Waals surface area contributed by atoms with Crippen LogP contribution in [0, 0.1) is 24.0 Å². The predicted octanol–water partition coefficient (Wildman–Crippen LogP) is 6.10. The zero-order chi connectivity index (χ0) is 47.1. The van der Waals surface area contributed by atoms with E-state index >= 15 is 17.6 Å². The summed E-state index contributed by atoms with van der Waals surface area (Å²) in [4.78, 5) is 66.2. The number of hydrogen-bond donors (Lipinski definition) is 3. The minimum atomic E-state index is -3.25. The lowest BCUT2D eigenvalue weighted by Crippen LogP contribution is -2.70. The minimum absolute atomic E-state index is 0.0146. The van der Waals surface area contributed by atoms with Crippen LogP contribution in [0.5, 0.6) is 0 Å². The van der Waals surface area contributed by atoms with Crippen LogP contribution in [-0.2, 0) is 22.5 Å². The first kappa shape index (κ1) is 44.5. The number of nitrogens with one attached hydrogen (secondary N) is 3. The number of likely N-dealkylation sites (tertiary alicyclic amines) is 2. The molecule has 5 aliphatic rings. The van der Waals surface area contributed by atoms with Gasteiger partial charge in [-0.2, -0.15) is 0 Å². The number of benzene rings is 2. The number of ether oxygens (including phenoxy) is 1. The summed E-state index contributed by atoms with van der Waals surface area (Å²) in [7, 11) is 3.33. The highest BCUT2D eigenvalue weighted by Gasteiger charge is 2.63. The van der Waals surface area contributed by atoms with Crippen LogP contribution in [0.3, 0.4) is 0 Å². The van der Waals surface area contributed by atoms with Gasteiger partial charge in [0.05, 0.1) is 46.7 Å². The fourth-order valence-corrected chi connectivity index (χ4v) is 10.3. The Morgan fingerprint density at radius 2 is 1.75 bits per heavy atom. The van der Waals surface area contributed by atoms with Gasteiger partial charge in [-0.3, -0.25) is 34.5 Å². The molecule has 0 bridgehead atoms. The molecule has 16 nitrogen and oxygen atoms in total. The molecule has 2 aromatic carbocycles. The number of imidazole rings is 1. The zero-order valence-corrected chi connectivity index (χ0v) is 37.5. The highest BCUT2D eigenvalue weighted by atomic mass is 35.5. The Morgan fingerprint density at radius 3 is 2.45 bits per heavy atom. The van der Waals surface area contributed by atoms with E-state index in [1.165, 1.54) is 52.1 Å². The number of imide groups is 1. The molecule has 4 fully saturated rings. The van der Waals surface area contributed by atoms with Gasteiger partial charge in [-0.25, -0.2) is 31.9 Å². The summed E-state index contributed by atoms with van der Waals surface area (Å²) in [5.41, 5.74) is 2.39. The maximum Gasteiger partial charge on any atom is 0.328 e. The number of methoxy groups -OCH3 is 1. The van der Waals surface area contributed by atoms with Crippen LogP contribution in [0.4, 0.5) is 45.2 Å². The molecular weight excluding hydrogens is 898 g/mol. The van der Waals surface area contributed by atoms with E-state index in [4.69, 9.17) is 21.4 Å². The number of urea groups is 1. The second kappa shape index (κ2) is 16.7. The third kappa shape index (κ3) is 7.67. The van der Waals surface area contributed by atoms with Crippen molar-refractivity contribution in [1.82, 2.24) is 40.0 Å². The largest absolute Gasteiger partial charge is 0.385 e. The molecule has 3 aromatic heterocycles. The van der Waals surface area contributed by atoms with Crippen LogP contribution in [0.25, 0.3) is 16.9 Å². The fourth-order valence-electron chi connectivity index (χ4n) is 10.1. The number of carbonyl (C=O) groups is 4. The second-order valence-electron chi connectivity index (χ2n) is 18.0. The Balaban J connectivity index is 0.818. The van der Waals surface area contributed by atoms with Gasteiger partial charge in [-0.05, 0) is 79.6 Å². The van der Waals surface area contributed by atoms with Crippen molar-refractivity contribution in [3.63, 3.8) is 0 Å². The van der Waals surface area contributed by atoms with Crippen molar-refractivity contribution in [2.24, 2.45) is 5.41 Å². The lowest BCUT2D eigenvalue weighted by Gasteiger charge is -2.57. The van der Waals surface area contributed by atoms with Crippen LogP contribution in [0.15, 0.2) is 48.8 Å². The van der Waals surface area contributed by atoms with Gasteiger partial charge in [0.2, 0.25) is 5.91 Å². The minimum Gasteiger partial charge on any atom is -0.385 e. The van der Waals surface area contributed by atoms with Crippen molar-refractivity contribution in [1.29, 1.82) is 0 Å². The number of nitrogens with zero attached hydrogens (tertiary/aromatic N) is 8. The summed E-state index contributed by atoms with van der Waals surface area (Å²) in [6.07, 6.45) is 4.96. The first-order chi connectivity index (χ1) is 32.1. The molecule has 21 heteroatoms. The van der Waals surface area contributed by atoms with Gasteiger partial charge in [0.15, 0.2) is 17.2 Å². The SMILES string of the molecule is CNc1cc(N2CCc3c(-c4ncc(CN5CC6(CCN(C(=O)c7cc(C)c(Cl)c(N8CCC(=O)NC8=O)c7)CC6(F)F)C5)cc4F)cc(F)cc32)nn2c(C(=O)NC3CC[C@H]3OC)cnc12. The van der Waals surface area contributed by atoms with E-state index in [1.54, 1.807) is 36.9 Å². The number of amides is 5. The summed E-state index contributed by atoms with van der Waals surface area (Å²) in [5.74, 6) is -5.58. The Labute approximate surface area is 386 Å². The van der Waals surface area contributed by atoms with Gasteiger partial charge in [-0.15, -0.1) is 5.10 Å². The maximum atomic E-state index is 16.1. The van der Waals surface area contributed by atoms with Gasteiger partial charge in [0.25, 0.3) is 17.7 Å². The fraction of sp³-hybridized carbons (Fsp3) is 0.413. The van der Waals surface area contributed by atoms with Gasteiger partial charge in [-0.1, -0.05) is 11.6 Å². The third-order valence-electron chi connectivity index (χ3n) is 13.9. The molecule has 2 atom stereocenters. The molecule has 1 unspecified atom stereocenters. The molecule has 4 aliphatic heterocycles. The zero-order valence-electron chi connectivity index (χ0n) is 36.8. The molecule has 67 heavy (non-hydrogen) atoms. The number of aryl methyl sites for hydroxylation is 1. The molecule has 1 aliphatic carbocycles. The second-order valence-corrected chi connectivity index (χ2v) is 18.4. The Hall–Kier alpha value is -6.38. The number of piperidine rings is 1. The first-order valence-corrected chi connectivity index (χ1v) is 22.4. The average molecular weight is 944 g/mol. The van der Waals surface area contributed by atoms with Crippen molar-refractivity contribution in [2.45, 2.75) is 63.6 Å². The van der Waals surface area contributed by atoms with E-state index in [0.29, 0.717) is 52.5 Å². The smallest absolute Gasteiger partial charge is 0.328 e. The summed E-state index contributed by atoms with van der Waals surface area (Å²) < 4.78 is 70.6. The molecular formula is C46H46ClF4N11O5. The number of fused-ring (bicyclic) bond motifs is 2. The van der Waals surface area contributed by atoms with E-state index in [0.717, 1.165) is 17.7 Å². The van der Waals surface area contributed by atoms with Crippen molar-refractivity contribution in [2.75, 3.05) is 68.5 Å². The van der Waals surface area contributed by atoms with E-state index in [2.05, 4.69) is 25.9 Å². The number of pyridine rings is 1. The average Bonchev–Trinajstić information content (AvgIpc) is 3.90. The molecule has 3 N–H and O–H groups in total.